The first-order chi connectivity index (χ1) is 14.5. The van der Waals surface area contributed by atoms with Gasteiger partial charge in [0.1, 0.15) is 5.75 Å². The highest BCUT2D eigenvalue weighted by Gasteiger charge is 2.19. The summed E-state index contributed by atoms with van der Waals surface area (Å²) in [5, 5.41) is 14.6. The Morgan fingerprint density at radius 3 is 2.53 bits per heavy atom. The molecule has 1 atom stereocenters. The van der Waals surface area contributed by atoms with Crippen LogP contribution in [0.3, 0.4) is 0 Å². The molecule has 0 spiro atoms. The van der Waals surface area contributed by atoms with E-state index in [4.69, 9.17) is 4.74 Å². The molecule has 0 radical (unpaired) electrons. The van der Waals surface area contributed by atoms with E-state index in [0.717, 1.165) is 0 Å². The number of hydrogen-bond donors (Lipinski definition) is 2. The molecule has 0 saturated carbocycles. The molecule has 0 aliphatic carbocycles. The van der Waals surface area contributed by atoms with Gasteiger partial charge in [-0.05, 0) is 31.2 Å². The van der Waals surface area contributed by atoms with Gasteiger partial charge in [-0.25, -0.2) is 0 Å². The minimum absolute atomic E-state index is 0.161. The molecule has 3 rings (SSSR count). The van der Waals surface area contributed by atoms with E-state index in [9.17, 15) is 9.59 Å². The van der Waals surface area contributed by atoms with Crippen molar-refractivity contribution in [1.29, 1.82) is 0 Å². The highest BCUT2D eigenvalue weighted by atomic mass is 32.2. The van der Waals surface area contributed by atoms with E-state index in [0.29, 0.717) is 28.0 Å². The number of carbonyl (C=O) groups is 2. The Bertz CT molecular complexity index is 1020. The molecule has 156 valence electrons. The predicted octanol–water partition coefficient (Wildman–Crippen LogP) is 3.05. The molecular formula is C21H23N5O3S. The summed E-state index contributed by atoms with van der Waals surface area (Å²) in [7, 11) is 3.36. The molecule has 0 fully saturated rings. The number of anilines is 1. The van der Waals surface area contributed by atoms with Crippen molar-refractivity contribution in [2.75, 3.05) is 18.2 Å². The quantitative estimate of drug-likeness (QED) is 0.539. The Morgan fingerprint density at radius 1 is 1.10 bits per heavy atom. The van der Waals surface area contributed by atoms with E-state index >= 15 is 0 Å². The number of thioether (sulfide) groups is 1. The SMILES string of the molecule is COc1ccccc1NC(=O)CSc1nnc([C@@H](C)NC(=O)c2ccccc2)n1C. The number of methoxy groups -OCH3 is 1. The van der Waals surface area contributed by atoms with Gasteiger partial charge >= 0.3 is 0 Å². The van der Waals surface area contributed by atoms with Crippen molar-refractivity contribution in [3.8, 4) is 5.75 Å². The zero-order chi connectivity index (χ0) is 21.5. The molecule has 8 nitrogen and oxygen atoms in total. The normalized spacial score (nSPS) is 11.6. The minimum Gasteiger partial charge on any atom is -0.495 e. The van der Waals surface area contributed by atoms with Gasteiger partial charge in [0, 0.05) is 12.6 Å². The smallest absolute Gasteiger partial charge is 0.251 e. The predicted molar refractivity (Wildman–Crippen MR) is 116 cm³/mol. The van der Waals surface area contributed by atoms with Gasteiger partial charge in [-0.15, -0.1) is 10.2 Å². The largest absolute Gasteiger partial charge is 0.495 e. The van der Waals surface area contributed by atoms with Crippen LogP contribution >= 0.6 is 11.8 Å². The molecule has 0 aliphatic rings. The van der Waals surface area contributed by atoms with Gasteiger partial charge in [0.25, 0.3) is 5.91 Å². The third kappa shape index (κ3) is 5.18. The van der Waals surface area contributed by atoms with Crippen LogP contribution < -0.4 is 15.4 Å². The average Bonchev–Trinajstić information content (AvgIpc) is 3.13. The summed E-state index contributed by atoms with van der Waals surface area (Å²) in [6.07, 6.45) is 0. The molecule has 1 heterocycles. The van der Waals surface area contributed by atoms with Gasteiger partial charge in [-0.2, -0.15) is 0 Å². The molecule has 0 saturated heterocycles. The summed E-state index contributed by atoms with van der Waals surface area (Å²) in [4.78, 5) is 24.7. The maximum atomic E-state index is 12.4. The van der Waals surface area contributed by atoms with E-state index in [-0.39, 0.29) is 23.6 Å². The fraction of sp³-hybridized carbons (Fsp3) is 0.238. The van der Waals surface area contributed by atoms with E-state index in [1.807, 2.05) is 37.3 Å². The van der Waals surface area contributed by atoms with Crippen molar-refractivity contribution >= 4 is 29.3 Å². The fourth-order valence-corrected chi connectivity index (χ4v) is 3.55. The lowest BCUT2D eigenvalue weighted by Crippen LogP contribution is -2.28. The molecule has 0 aliphatic heterocycles. The molecule has 30 heavy (non-hydrogen) atoms. The summed E-state index contributed by atoms with van der Waals surface area (Å²) < 4.78 is 7.01. The molecule has 3 aromatic rings. The highest BCUT2D eigenvalue weighted by molar-refractivity contribution is 7.99. The Kier molecular flexibility index (Phi) is 7.08. The second-order valence-corrected chi connectivity index (χ2v) is 7.44. The Labute approximate surface area is 179 Å². The Balaban J connectivity index is 1.58. The third-order valence-corrected chi connectivity index (χ3v) is 5.37. The number of amides is 2. The first kappa shape index (κ1) is 21.4. The number of para-hydroxylation sites is 2. The van der Waals surface area contributed by atoms with Crippen LogP contribution in [0.4, 0.5) is 5.69 Å². The van der Waals surface area contributed by atoms with E-state index in [2.05, 4.69) is 20.8 Å². The van der Waals surface area contributed by atoms with Crippen LogP contribution in [0.1, 0.15) is 29.1 Å². The van der Waals surface area contributed by atoms with Crippen molar-refractivity contribution in [1.82, 2.24) is 20.1 Å². The van der Waals surface area contributed by atoms with Crippen LogP contribution in [0.5, 0.6) is 5.75 Å². The average molecular weight is 426 g/mol. The number of hydrogen-bond acceptors (Lipinski definition) is 6. The molecule has 0 bridgehead atoms. The number of carbonyl (C=O) groups excluding carboxylic acids is 2. The van der Waals surface area contributed by atoms with Gasteiger partial charge in [0.15, 0.2) is 11.0 Å². The lowest BCUT2D eigenvalue weighted by molar-refractivity contribution is -0.113. The summed E-state index contributed by atoms with van der Waals surface area (Å²) in [5.41, 5.74) is 1.19. The van der Waals surface area contributed by atoms with Gasteiger partial charge in [0.05, 0.1) is 24.6 Å². The molecule has 1 aromatic heterocycles. The molecule has 0 unspecified atom stereocenters. The molecule has 2 N–H and O–H groups in total. The van der Waals surface area contributed by atoms with Crippen LogP contribution in [0.25, 0.3) is 0 Å². The zero-order valence-corrected chi connectivity index (χ0v) is 17.8. The van der Waals surface area contributed by atoms with Crippen LogP contribution in [0.15, 0.2) is 59.8 Å². The van der Waals surface area contributed by atoms with Gasteiger partial charge in [-0.3, -0.25) is 9.59 Å². The minimum atomic E-state index is -0.341. The van der Waals surface area contributed by atoms with Crippen molar-refractivity contribution in [2.45, 2.75) is 18.1 Å². The van der Waals surface area contributed by atoms with Crippen LogP contribution in [0, 0.1) is 0 Å². The van der Waals surface area contributed by atoms with E-state index < -0.39 is 0 Å². The zero-order valence-electron chi connectivity index (χ0n) is 17.0. The first-order valence-corrected chi connectivity index (χ1v) is 10.3. The van der Waals surface area contributed by atoms with Crippen LogP contribution in [-0.2, 0) is 11.8 Å². The molecular weight excluding hydrogens is 402 g/mol. The van der Waals surface area contributed by atoms with E-state index in [1.165, 1.54) is 11.8 Å². The maximum absolute atomic E-state index is 12.4. The summed E-state index contributed by atoms with van der Waals surface area (Å²) in [5.74, 6) is 0.997. The summed E-state index contributed by atoms with van der Waals surface area (Å²) >= 11 is 1.27. The lowest BCUT2D eigenvalue weighted by atomic mass is 10.2. The first-order valence-electron chi connectivity index (χ1n) is 9.30. The van der Waals surface area contributed by atoms with E-state index in [1.54, 1.807) is 43.0 Å². The highest BCUT2D eigenvalue weighted by Crippen LogP contribution is 2.24. The van der Waals surface area contributed by atoms with Crippen LogP contribution in [-0.4, -0.2) is 39.4 Å². The summed E-state index contributed by atoms with van der Waals surface area (Å²) in [6, 6.07) is 15.9. The fourth-order valence-electron chi connectivity index (χ4n) is 2.83. The number of benzene rings is 2. The van der Waals surface area contributed by atoms with Crippen molar-refractivity contribution in [3.05, 3.63) is 66.0 Å². The van der Waals surface area contributed by atoms with Gasteiger partial charge in [0.2, 0.25) is 5.91 Å². The maximum Gasteiger partial charge on any atom is 0.251 e. The van der Waals surface area contributed by atoms with Crippen molar-refractivity contribution in [2.24, 2.45) is 7.05 Å². The standard InChI is InChI=1S/C21H23N5O3S/c1-14(22-20(28)15-9-5-4-6-10-15)19-24-25-21(26(19)2)30-13-18(27)23-16-11-7-8-12-17(16)29-3/h4-12,14H,13H2,1-3H3,(H,22,28)(H,23,27)/t14-/m1/s1. The molecule has 2 amide bonds. The number of ether oxygens (including phenoxy) is 1. The van der Waals surface area contributed by atoms with Gasteiger partial charge < -0.3 is 19.9 Å². The molecule has 2 aromatic carbocycles. The molecule has 9 heteroatoms. The topological polar surface area (TPSA) is 98.1 Å². The Morgan fingerprint density at radius 2 is 1.80 bits per heavy atom. The number of nitrogens with zero attached hydrogens (tertiary/aromatic N) is 3. The van der Waals surface area contributed by atoms with Crippen molar-refractivity contribution < 1.29 is 14.3 Å². The van der Waals surface area contributed by atoms with Crippen LogP contribution in [0.2, 0.25) is 0 Å². The summed E-state index contributed by atoms with van der Waals surface area (Å²) in [6.45, 7) is 1.84. The van der Waals surface area contributed by atoms with Crippen molar-refractivity contribution in [3.63, 3.8) is 0 Å². The second-order valence-electron chi connectivity index (χ2n) is 6.50. The number of aromatic nitrogens is 3. The number of nitrogens with one attached hydrogen (secondary N) is 2. The number of rotatable bonds is 8. The monoisotopic (exact) mass is 425 g/mol. The third-order valence-electron chi connectivity index (χ3n) is 4.35. The van der Waals surface area contributed by atoms with Gasteiger partial charge in [-0.1, -0.05) is 42.1 Å². The second kappa shape index (κ2) is 9.93. The lowest BCUT2D eigenvalue weighted by Gasteiger charge is -2.13. The Hall–Kier alpha value is -3.33.